The van der Waals surface area contributed by atoms with Crippen LogP contribution in [0.25, 0.3) is 0 Å². The molecule has 0 amide bonds. The fraction of sp³-hybridized carbons (Fsp3) is 0.923. The summed E-state index contributed by atoms with van der Waals surface area (Å²) in [4.78, 5) is 10.7. The smallest absolute Gasteiger partial charge is 0.470 e. The van der Waals surface area contributed by atoms with Gasteiger partial charge >= 0.3 is 14.8 Å². The van der Waals surface area contributed by atoms with Crippen molar-refractivity contribution in [1.29, 1.82) is 0 Å². The van der Waals surface area contributed by atoms with E-state index in [9.17, 15) is 4.79 Å². The van der Waals surface area contributed by atoms with Crippen LogP contribution in [0.1, 0.15) is 0 Å². The summed E-state index contributed by atoms with van der Waals surface area (Å²) in [6.07, 6.45) is 0. The monoisotopic (exact) mass is 414 g/mol. The number of carboxylic acids is 1. The van der Waals surface area contributed by atoms with Crippen LogP contribution in [0.2, 0.25) is 65.0 Å². The molecule has 0 saturated carbocycles. The van der Waals surface area contributed by atoms with Gasteiger partial charge < -0.3 is 17.5 Å². The Morgan fingerprint density at radius 1 is 0.826 bits per heavy atom. The molecule has 138 valence electrons. The zero-order valence-corrected chi connectivity index (χ0v) is 20.9. The van der Waals surface area contributed by atoms with E-state index in [1.54, 1.807) is 0 Å². The summed E-state index contributed by atoms with van der Waals surface area (Å²) in [6.45, 7) is 19.4. The maximum absolute atomic E-state index is 10.7. The van der Waals surface area contributed by atoms with E-state index in [-0.39, 0.29) is 5.75 Å². The standard InChI is InChI=1S/C13H34O5SSi4/c1-20(2,3)16-23(17-21(4,5)6,18-22(7,8)9)11-10-19-12-13(14)15/h10-12H2,1-9H3,(H,14,15). The molecule has 5 nitrogen and oxygen atoms in total. The minimum Gasteiger partial charge on any atom is -0.481 e. The van der Waals surface area contributed by atoms with Crippen LogP contribution in [0.15, 0.2) is 0 Å². The highest BCUT2D eigenvalue weighted by atomic mass is 32.2. The Balaban J connectivity index is 5.32. The van der Waals surface area contributed by atoms with E-state index in [4.69, 9.17) is 17.5 Å². The van der Waals surface area contributed by atoms with Crippen molar-refractivity contribution in [3.8, 4) is 0 Å². The van der Waals surface area contributed by atoms with Crippen LogP contribution in [-0.2, 0) is 17.1 Å². The van der Waals surface area contributed by atoms with E-state index in [2.05, 4.69) is 58.9 Å². The second kappa shape index (κ2) is 8.79. The van der Waals surface area contributed by atoms with Gasteiger partial charge in [-0.15, -0.1) is 0 Å². The van der Waals surface area contributed by atoms with Crippen molar-refractivity contribution in [2.24, 2.45) is 0 Å². The third kappa shape index (κ3) is 13.5. The summed E-state index contributed by atoms with van der Waals surface area (Å²) in [5.74, 6) is 0.0144. The Hall–Kier alpha value is 0.568. The minimum absolute atomic E-state index is 0.108. The predicted molar refractivity (Wildman–Crippen MR) is 109 cm³/mol. The van der Waals surface area contributed by atoms with Gasteiger partial charge in [-0.05, 0) is 64.7 Å². The molecule has 23 heavy (non-hydrogen) atoms. The van der Waals surface area contributed by atoms with Crippen LogP contribution in [0, 0.1) is 0 Å². The Labute approximate surface area is 150 Å². The molecule has 0 saturated heterocycles. The van der Waals surface area contributed by atoms with E-state index < -0.39 is 39.7 Å². The number of hydrogen-bond acceptors (Lipinski definition) is 5. The van der Waals surface area contributed by atoms with Gasteiger partial charge in [0.2, 0.25) is 0 Å². The lowest BCUT2D eigenvalue weighted by molar-refractivity contribution is -0.133. The molecule has 0 aromatic heterocycles. The molecule has 0 unspecified atom stereocenters. The van der Waals surface area contributed by atoms with Crippen molar-refractivity contribution in [2.75, 3.05) is 11.5 Å². The van der Waals surface area contributed by atoms with Crippen LogP contribution in [0.5, 0.6) is 0 Å². The van der Waals surface area contributed by atoms with Gasteiger partial charge in [0.1, 0.15) is 0 Å². The summed E-state index contributed by atoms with van der Waals surface area (Å²) >= 11 is 1.41. The summed E-state index contributed by atoms with van der Waals surface area (Å²) in [6, 6.07) is 0.684. The Kier molecular flexibility index (Phi) is 9.00. The zero-order valence-electron chi connectivity index (χ0n) is 16.1. The Bertz CT molecular complexity index is 347. The van der Waals surface area contributed by atoms with Crippen LogP contribution in [-0.4, -0.2) is 56.3 Å². The van der Waals surface area contributed by atoms with Crippen molar-refractivity contribution >= 4 is 51.5 Å². The summed E-state index contributed by atoms with van der Waals surface area (Å²) < 4.78 is 19.6. The first kappa shape index (κ1) is 23.6. The van der Waals surface area contributed by atoms with E-state index in [0.717, 1.165) is 0 Å². The van der Waals surface area contributed by atoms with E-state index in [0.29, 0.717) is 11.8 Å². The molecular formula is C13H34O5SSi4. The van der Waals surface area contributed by atoms with Crippen LogP contribution in [0.4, 0.5) is 0 Å². The van der Waals surface area contributed by atoms with Gasteiger partial charge in [-0.25, -0.2) is 0 Å². The molecule has 0 fully saturated rings. The largest absolute Gasteiger partial charge is 0.481 e. The summed E-state index contributed by atoms with van der Waals surface area (Å²) in [5, 5.41) is 8.82. The van der Waals surface area contributed by atoms with E-state index >= 15 is 0 Å². The molecule has 0 aliphatic heterocycles. The quantitative estimate of drug-likeness (QED) is 0.402. The molecule has 0 rings (SSSR count). The molecule has 0 radical (unpaired) electrons. The van der Waals surface area contributed by atoms with Crippen molar-refractivity contribution < 1.29 is 22.2 Å². The summed E-state index contributed by atoms with van der Waals surface area (Å²) in [5.41, 5.74) is 0. The van der Waals surface area contributed by atoms with E-state index in [1.165, 1.54) is 11.8 Å². The van der Waals surface area contributed by atoms with Gasteiger partial charge in [0.15, 0.2) is 25.0 Å². The number of carboxylic acid groups (broad SMARTS) is 1. The third-order valence-electron chi connectivity index (χ3n) is 2.16. The van der Waals surface area contributed by atoms with Gasteiger partial charge in [0.25, 0.3) is 0 Å². The van der Waals surface area contributed by atoms with Crippen molar-refractivity contribution in [3.05, 3.63) is 0 Å². The fourth-order valence-corrected chi connectivity index (χ4v) is 17.9. The van der Waals surface area contributed by atoms with Crippen LogP contribution < -0.4 is 0 Å². The normalized spacial score (nSPS) is 14.1. The molecule has 10 heteroatoms. The van der Waals surface area contributed by atoms with Crippen molar-refractivity contribution in [1.82, 2.24) is 0 Å². The molecule has 1 N–H and O–H groups in total. The Morgan fingerprint density at radius 3 is 1.43 bits per heavy atom. The fourth-order valence-electron chi connectivity index (χ4n) is 1.97. The second-order valence-corrected chi connectivity index (χ2v) is 26.6. The van der Waals surface area contributed by atoms with Gasteiger partial charge in [0, 0.05) is 6.04 Å². The first-order valence-electron chi connectivity index (χ1n) is 7.94. The Morgan fingerprint density at radius 2 is 1.17 bits per heavy atom. The zero-order chi connectivity index (χ0) is 18.5. The third-order valence-corrected chi connectivity index (χ3v) is 15.4. The van der Waals surface area contributed by atoms with Crippen molar-refractivity contribution in [3.63, 3.8) is 0 Å². The molecular weight excluding hydrogens is 381 g/mol. The predicted octanol–water partition coefficient (Wildman–Crippen LogP) is 4.30. The van der Waals surface area contributed by atoms with Gasteiger partial charge in [-0.2, -0.15) is 11.8 Å². The molecule has 0 heterocycles. The number of rotatable bonds is 11. The lowest BCUT2D eigenvalue weighted by atomic mass is 10.8. The lowest BCUT2D eigenvalue weighted by Gasteiger charge is -2.42. The van der Waals surface area contributed by atoms with Gasteiger partial charge in [-0.3, -0.25) is 4.79 Å². The van der Waals surface area contributed by atoms with Crippen LogP contribution in [0.3, 0.4) is 0 Å². The molecule has 0 atom stereocenters. The molecule has 0 spiro atoms. The average Bonchev–Trinajstić information content (AvgIpc) is 2.16. The molecule has 0 bridgehead atoms. The molecule has 0 aliphatic rings. The highest BCUT2D eigenvalue weighted by molar-refractivity contribution is 8.00. The van der Waals surface area contributed by atoms with Crippen molar-refractivity contribution in [2.45, 2.75) is 65.0 Å². The lowest BCUT2D eigenvalue weighted by Crippen LogP contribution is -2.60. The first-order chi connectivity index (χ1) is 10.0. The van der Waals surface area contributed by atoms with Crippen LogP contribution >= 0.6 is 11.8 Å². The highest BCUT2D eigenvalue weighted by Crippen LogP contribution is 2.30. The SMILES string of the molecule is C[Si](C)(C)O[Si](CCSCC(=O)O)(O[Si](C)(C)C)O[Si](C)(C)C. The minimum atomic E-state index is -2.80. The number of hydrogen-bond donors (Lipinski definition) is 1. The number of thioether (sulfide) groups is 1. The number of aliphatic carboxylic acids is 1. The molecule has 0 aliphatic carbocycles. The van der Waals surface area contributed by atoms with Gasteiger partial charge in [0.05, 0.1) is 5.75 Å². The molecule has 0 aromatic rings. The number of carbonyl (C=O) groups is 1. The summed E-state index contributed by atoms with van der Waals surface area (Å²) in [7, 11) is -8.33. The van der Waals surface area contributed by atoms with Gasteiger partial charge in [-0.1, -0.05) is 0 Å². The molecule has 0 aromatic carbocycles. The maximum atomic E-state index is 10.7. The van der Waals surface area contributed by atoms with E-state index in [1.807, 2.05) is 0 Å². The average molecular weight is 415 g/mol. The first-order valence-corrected chi connectivity index (χ1v) is 21.2. The topological polar surface area (TPSA) is 65.0 Å². The second-order valence-electron chi connectivity index (χ2n) is 8.52. The maximum Gasteiger partial charge on any atom is 0.470 e. The highest BCUT2D eigenvalue weighted by Gasteiger charge is 2.49.